The van der Waals surface area contributed by atoms with E-state index in [1.165, 1.54) is 6.07 Å². The van der Waals surface area contributed by atoms with Gasteiger partial charge < -0.3 is 15.3 Å². The molecule has 1 aromatic rings. The summed E-state index contributed by atoms with van der Waals surface area (Å²) >= 11 is 0. The van der Waals surface area contributed by atoms with Crippen molar-refractivity contribution in [2.24, 2.45) is 5.92 Å². The van der Waals surface area contributed by atoms with Gasteiger partial charge >= 0.3 is 0 Å². The van der Waals surface area contributed by atoms with Crippen LogP contribution in [-0.4, -0.2) is 31.2 Å². The highest BCUT2D eigenvalue weighted by Gasteiger charge is 2.26. The Bertz CT molecular complexity index is 465. The number of piperidine rings is 1. The predicted octanol–water partition coefficient (Wildman–Crippen LogP) is 1.28. The van der Waals surface area contributed by atoms with Crippen LogP contribution >= 0.6 is 0 Å². The molecule has 1 heterocycles. The predicted molar refractivity (Wildman–Crippen MR) is 71.3 cm³/mol. The SMILES string of the molecule is CNC(=O)C1CCCN(c2ccc(CO)cc2F)C1. The minimum atomic E-state index is -0.343. The minimum absolute atomic E-state index is 0.0112. The molecule has 1 aliphatic heterocycles. The molecule has 104 valence electrons. The first-order valence-electron chi connectivity index (χ1n) is 6.51. The highest BCUT2D eigenvalue weighted by molar-refractivity contribution is 5.79. The minimum Gasteiger partial charge on any atom is -0.392 e. The molecule has 0 saturated carbocycles. The van der Waals surface area contributed by atoms with E-state index >= 15 is 0 Å². The third-order valence-corrected chi connectivity index (χ3v) is 3.57. The number of hydrogen-bond donors (Lipinski definition) is 2. The quantitative estimate of drug-likeness (QED) is 0.866. The highest BCUT2D eigenvalue weighted by Crippen LogP contribution is 2.26. The molecule has 0 aliphatic carbocycles. The van der Waals surface area contributed by atoms with Gasteiger partial charge in [0.1, 0.15) is 5.82 Å². The van der Waals surface area contributed by atoms with Crippen molar-refractivity contribution in [3.05, 3.63) is 29.6 Å². The largest absolute Gasteiger partial charge is 0.392 e. The van der Waals surface area contributed by atoms with Gasteiger partial charge in [0.2, 0.25) is 5.91 Å². The molecule has 1 amide bonds. The Morgan fingerprint density at radius 2 is 2.37 bits per heavy atom. The molecule has 0 aromatic heterocycles. The first-order valence-corrected chi connectivity index (χ1v) is 6.51. The zero-order valence-corrected chi connectivity index (χ0v) is 11.0. The maximum absolute atomic E-state index is 14.0. The summed E-state index contributed by atoms with van der Waals surface area (Å²) in [5.41, 5.74) is 1.06. The average Bonchev–Trinajstić information content (AvgIpc) is 2.46. The van der Waals surface area contributed by atoms with Gasteiger partial charge in [0.15, 0.2) is 0 Å². The van der Waals surface area contributed by atoms with Gasteiger partial charge in [-0.2, -0.15) is 0 Å². The summed E-state index contributed by atoms with van der Waals surface area (Å²) in [7, 11) is 1.62. The van der Waals surface area contributed by atoms with E-state index in [4.69, 9.17) is 5.11 Å². The van der Waals surface area contributed by atoms with Gasteiger partial charge in [-0.1, -0.05) is 6.07 Å². The van der Waals surface area contributed by atoms with E-state index in [2.05, 4.69) is 5.32 Å². The summed E-state index contributed by atoms with van der Waals surface area (Å²) in [4.78, 5) is 13.6. The number of nitrogens with one attached hydrogen (secondary N) is 1. The van der Waals surface area contributed by atoms with Crippen molar-refractivity contribution in [3.8, 4) is 0 Å². The number of halogens is 1. The standard InChI is InChI=1S/C14H19FN2O2/c1-16-14(19)11-3-2-6-17(8-11)13-5-4-10(9-18)7-12(13)15/h4-5,7,11,18H,2-3,6,8-9H2,1H3,(H,16,19). The summed E-state index contributed by atoms with van der Waals surface area (Å²) < 4.78 is 14.0. The van der Waals surface area contributed by atoms with Crippen LogP contribution in [0.25, 0.3) is 0 Å². The number of benzene rings is 1. The Kier molecular flexibility index (Phi) is 4.37. The van der Waals surface area contributed by atoms with Crippen LogP contribution in [-0.2, 0) is 11.4 Å². The number of anilines is 1. The molecular weight excluding hydrogens is 247 g/mol. The topological polar surface area (TPSA) is 52.6 Å². The molecule has 19 heavy (non-hydrogen) atoms. The fraction of sp³-hybridized carbons (Fsp3) is 0.500. The molecule has 1 aliphatic rings. The molecular formula is C14H19FN2O2. The lowest BCUT2D eigenvalue weighted by atomic mass is 9.96. The summed E-state index contributed by atoms with van der Waals surface area (Å²) in [6.07, 6.45) is 1.71. The molecule has 0 bridgehead atoms. The van der Waals surface area contributed by atoms with E-state index in [9.17, 15) is 9.18 Å². The molecule has 5 heteroatoms. The van der Waals surface area contributed by atoms with Crippen molar-refractivity contribution in [1.82, 2.24) is 5.32 Å². The third-order valence-electron chi connectivity index (χ3n) is 3.57. The van der Waals surface area contributed by atoms with Gasteiger partial charge in [0, 0.05) is 20.1 Å². The Labute approximate surface area is 112 Å². The second-order valence-corrected chi connectivity index (χ2v) is 4.84. The summed E-state index contributed by atoms with van der Waals surface area (Å²) in [5, 5.41) is 11.6. The van der Waals surface area contributed by atoms with Crippen molar-refractivity contribution >= 4 is 11.6 Å². The zero-order chi connectivity index (χ0) is 13.8. The van der Waals surface area contributed by atoms with E-state index in [1.807, 2.05) is 4.90 Å². The molecule has 1 aromatic carbocycles. The molecule has 2 rings (SSSR count). The summed E-state index contributed by atoms with van der Waals surface area (Å²) in [5.74, 6) is -0.420. The van der Waals surface area contributed by atoms with E-state index in [1.54, 1.807) is 19.2 Å². The number of carbonyl (C=O) groups excluding carboxylic acids is 1. The lowest BCUT2D eigenvalue weighted by Crippen LogP contribution is -2.42. The van der Waals surface area contributed by atoms with Crippen molar-refractivity contribution in [2.45, 2.75) is 19.4 Å². The number of nitrogens with zero attached hydrogens (tertiary/aromatic N) is 1. The van der Waals surface area contributed by atoms with Crippen LogP contribution in [0, 0.1) is 11.7 Å². The van der Waals surface area contributed by atoms with Gasteiger partial charge in [0.25, 0.3) is 0 Å². The monoisotopic (exact) mass is 266 g/mol. The van der Waals surface area contributed by atoms with Gasteiger partial charge in [-0.3, -0.25) is 4.79 Å². The Morgan fingerprint density at radius 3 is 3.00 bits per heavy atom. The van der Waals surface area contributed by atoms with Crippen LogP contribution in [0.1, 0.15) is 18.4 Å². The van der Waals surface area contributed by atoms with Crippen LogP contribution in [0.4, 0.5) is 10.1 Å². The molecule has 1 saturated heterocycles. The van der Waals surface area contributed by atoms with Crippen LogP contribution in [0.15, 0.2) is 18.2 Å². The van der Waals surface area contributed by atoms with E-state index in [0.717, 1.165) is 19.4 Å². The Hall–Kier alpha value is -1.62. The number of hydrogen-bond acceptors (Lipinski definition) is 3. The molecule has 1 fully saturated rings. The van der Waals surface area contributed by atoms with Crippen LogP contribution in [0.2, 0.25) is 0 Å². The van der Waals surface area contributed by atoms with Gasteiger partial charge in [-0.05, 0) is 30.5 Å². The summed E-state index contributed by atoms with van der Waals surface area (Å²) in [6.45, 7) is 1.12. The molecule has 1 atom stereocenters. The first kappa shape index (κ1) is 13.8. The fourth-order valence-electron chi connectivity index (χ4n) is 2.52. The smallest absolute Gasteiger partial charge is 0.224 e. The first-order chi connectivity index (χ1) is 9.15. The molecule has 1 unspecified atom stereocenters. The van der Waals surface area contributed by atoms with E-state index < -0.39 is 0 Å². The molecule has 2 N–H and O–H groups in total. The maximum Gasteiger partial charge on any atom is 0.224 e. The number of amides is 1. The second-order valence-electron chi connectivity index (χ2n) is 4.84. The molecule has 0 radical (unpaired) electrons. The lowest BCUT2D eigenvalue weighted by Gasteiger charge is -2.33. The number of aliphatic hydroxyl groups is 1. The zero-order valence-electron chi connectivity index (χ0n) is 11.0. The average molecular weight is 266 g/mol. The highest BCUT2D eigenvalue weighted by atomic mass is 19.1. The lowest BCUT2D eigenvalue weighted by molar-refractivity contribution is -0.124. The van der Waals surface area contributed by atoms with Crippen LogP contribution in [0.3, 0.4) is 0 Å². The van der Waals surface area contributed by atoms with Crippen LogP contribution < -0.4 is 10.2 Å². The second kappa shape index (κ2) is 6.02. The van der Waals surface area contributed by atoms with Gasteiger partial charge in [-0.15, -0.1) is 0 Å². The third kappa shape index (κ3) is 3.04. The van der Waals surface area contributed by atoms with Gasteiger partial charge in [-0.25, -0.2) is 4.39 Å². The number of aliphatic hydroxyl groups excluding tert-OH is 1. The Balaban J connectivity index is 2.15. The summed E-state index contributed by atoms with van der Waals surface area (Å²) in [6, 6.07) is 4.73. The molecule has 4 nitrogen and oxygen atoms in total. The van der Waals surface area contributed by atoms with Gasteiger partial charge in [0.05, 0.1) is 18.2 Å². The van der Waals surface area contributed by atoms with Crippen molar-refractivity contribution in [1.29, 1.82) is 0 Å². The van der Waals surface area contributed by atoms with Crippen LogP contribution in [0.5, 0.6) is 0 Å². The fourth-order valence-corrected chi connectivity index (χ4v) is 2.52. The normalized spacial score (nSPS) is 19.3. The molecule has 0 spiro atoms. The van der Waals surface area contributed by atoms with Crippen molar-refractivity contribution in [2.75, 3.05) is 25.0 Å². The Morgan fingerprint density at radius 1 is 1.58 bits per heavy atom. The van der Waals surface area contributed by atoms with Crippen molar-refractivity contribution < 1.29 is 14.3 Å². The number of carbonyl (C=O) groups is 1. The number of rotatable bonds is 3. The van der Waals surface area contributed by atoms with E-state index in [-0.39, 0.29) is 24.2 Å². The van der Waals surface area contributed by atoms with Crippen molar-refractivity contribution in [3.63, 3.8) is 0 Å². The van der Waals surface area contributed by atoms with E-state index in [0.29, 0.717) is 17.8 Å². The maximum atomic E-state index is 14.0.